The molecule has 1 heterocycles. The van der Waals surface area contributed by atoms with Crippen LogP contribution in [0.2, 0.25) is 0 Å². The lowest BCUT2D eigenvalue weighted by molar-refractivity contribution is -0.121. The van der Waals surface area contributed by atoms with Crippen molar-refractivity contribution in [2.75, 3.05) is 13.1 Å². The third-order valence-corrected chi connectivity index (χ3v) is 4.12. The zero-order chi connectivity index (χ0) is 13.9. The first-order chi connectivity index (χ1) is 9.03. The smallest absolute Gasteiger partial charge is 0.217 e. The molecule has 0 bridgehead atoms. The third kappa shape index (κ3) is 3.16. The molecule has 0 spiro atoms. The van der Waals surface area contributed by atoms with Gasteiger partial charge in [0.25, 0.3) is 0 Å². The van der Waals surface area contributed by atoms with E-state index in [1.165, 1.54) is 5.56 Å². The Balaban J connectivity index is 2.21. The summed E-state index contributed by atoms with van der Waals surface area (Å²) in [6.45, 7) is 8.14. The molecule has 19 heavy (non-hydrogen) atoms. The van der Waals surface area contributed by atoms with Crippen LogP contribution in [0.4, 0.5) is 0 Å². The van der Waals surface area contributed by atoms with Crippen molar-refractivity contribution >= 4 is 5.91 Å². The van der Waals surface area contributed by atoms with Gasteiger partial charge in [0.15, 0.2) is 0 Å². The molecule has 0 aromatic heterocycles. The molecule has 0 unspecified atom stereocenters. The summed E-state index contributed by atoms with van der Waals surface area (Å²) in [4.78, 5) is 14.1. The number of nitrogens with one attached hydrogen (secondary N) is 1. The maximum absolute atomic E-state index is 11.6. The molecule has 1 aliphatic heterocycles. The van der Waals surface area contributed by atoms with Gasteiger partial charge in [-0.05, 0) is 32.3 Å². The molecule has 1 saturated heterocycles. The van der Waals surface area contributed by atoms with Crippen molar-refractivity contribution in [2.45, 2.75) is 45.2 Å². The SMILES string of the molecule is CC(=O)NC1(c2ccccc2)CCN(C(C)C)CC1. The summed E-state index contributed by atoms with van der Waals surface area (Å²) in [6.07, 6.45) is 1.96. The highest BCUT2D eigenvalue weighted by Crippen LogP contribution is 2.33. The Morgan fingerprint density at radius 3 is 2.26 bits per heavy atom. The molecule has 3 nitrogen and oxygen atoms in total. The van der Waals surface area contributed by atoms with E-state index in [1.54, 1.807) is 6.92 Å². The second-order valence-corrected chi connectivity index (χ2v) is 5.76. The minimum Gasteiger partial charge on any atom is -0.347 e. The molecular formula is C16H24N2O. The van der Waals surface area contributed by atoms with Crippen molar-refractivity contribution in [3.8, 4) is 0 Å². The van der Waals surface area contributed by atoms with Crippen LogP contribution in [0.25, 0.3) is 0 Å². The van der Waals surface area contributed by atoms with Gasteiger partial charge in [0.2, 0.25) is 5.91 Å². The van der Waals surface area contributed by atoms with E-state index in [9.17, 15) is 4.79 Å². The van der Waals surface area contributed by atoms with Crippen LogP contribution in [0.3, 0.4) is 0 Å². The van der Waals surface area contributed by atoms with Crippen LogP contribution in [0, 0.1) is 0 Å². The molecule has 0 atom stereocenters. The summed E-state index contributed by atoms with van der Waals surface area (Å²) >= 11 is 0. The zero-order valence-corrected chi connectivity index (χ0v) is 12.1. The molecule has 1 fully saturated rings. The van der Waals surface area contributed by atoms with Gasteiger partial charge >= 0.3 is 0 Å². The topological polar surface area (TPSA) is 32.3 Å². The zero-order valence-electron chi connectivity index (χ0n) is 12.1. The minimum absolute atomic E-state index is 0.0573. The van der Waals surface area contributed by atoms with Gasteiger partial charge in [0.1, 0.15) is 0 Å². The number of benzene rings is 1. The number of amides is 1. The van der Waals surface area contributed by atoms with Crippen LogP contribution >= 0.6 is 0 Å². The molecule has 104 valence electrons. The summed E-state index contributed by atoms with van der Waals surface area (Å²) in [6, 6.07) is 10.9. The molecule has 0 radical (unpaired) electrons. The highest BCUT2D eigenvalue weighted by molar-refractivity contribution is 5.74. The fourth-order valence-electron chi connectivity index (χ4n) is 3.00. The van der Waals surface area contributed by atoms with Crippen LogP contribution in [0.5, 0.6) is 0 Å². The van der Waals surface area contributed by atoms with E-state index in [1.807, 2.05) is 18.2 Å². The number of carbonyl (C=O) groups excluding carboxylic acids is 1. The van der Waals surface area contributed by atoms with Gasteiger partial charge < -0.3 is 10.2 Å². The fraction of sp³-hybridized carbons (Fsp3) is 0.562. The molecule has 1 aromatic carbocycles. The lowest BCUT2D eigenvalue weighted by Crippen LogP contribution is -2.53. The Morgan fingerprint density at radius 2 is 1.79 bits per heavy atom. The first-order valence-electron chi connectivity index (χ1n) is 7.12. The summed E-state index contributed by atoms with van der Waals surface area (Å²) in [7, 11) is 0. The van der Waals surface area contributed by atoms with Crippen LogP contribution in [-0.4, -0.2) is 29.9 Å². The quantitative estimate of drug-likeness (QED) is 0.905. The van der Waals surface area contributed by atoms with E-state index in [4.69, 9.17) is 0 Å². The lowest BCUT2D eigenvalue weighted by Gasteiger charge is -2.44. The summed E-state index contributed by atoms with van der Waals surface area (Å²) < 4.78 is 0. The third-order valence-electron chi connectivity index (χ3n) is 4.12. The highest BCUT2D eigenvalue weighted by atomic mass is 16.1. The van der Waals surface area contributed by atoms with Crippen LogP contribution in [0.1, 0.15) is 39.2 Å². The van der Waals surface area contributed by atoms with E-state index < -0.39 is 0 Å². The molecule has 0 aliphatic carbocycles. The molecule has 1 N–H and O–H groups in total. The van der Waals surface area contributed by atoms with Gasteiger partial charge in [-0.3, -0.25) is 4.79 Å². The van der Waals surface area contributed by atoms with Crippen molar-refractivity contribution in [3.63, 3.8) is 0 Å². The molecule has 1 aromatic rings. The molecule has 1 aliphatic rings. The summed E-state index contributed by atoms with van der Waals surface area (Å²) in [5, 5.41) is 3.21. The number of hydrogen-bond acceptors (Lipinski definition) is 2. The predicted octanol–water partition coefficient (Wildman–Crippen LogP) is 2.52. The molecule has 0 saturated carbocycles. The van der Waals surface area contributed by atoms with Crippen LogP contribution in [0.15, 0.2) is 30.3 Å². The van der Waals surface area contributed by atoms with E-state index in [-0.39, 0.29) is 11.4 Å². The van der Waals surface area contributed by atoms with E-state index >= 15 is 0 Å². The first-order valence-corrected chi connectivity index (χ1v) is 7.12. The standard InChI is InChI=1S/C16H24N2O/c1-13(2)18-11-9-16(10-12-18,17-14(3)19)15-7-5-4-6-8-15/h4-8,13H,9-12H2,1-3H3,(H,17,19). The number of likely N-dealkylation sites (tertiary alicyclic amines) is 1. The maximum atomic E-state index is 11.6. The fourth-order valence-corrected chi connectivity index (χ4v) is 3.00. The van der Waals surface area contributed by atoms with Gasteiger partial charge in [-0.2, -0.15) is 0 Å². The monoisotopic (exact) mass is 260 g/mol. The Hall–Kier alpha value is -1.35. The summed E-state index contributed by atoms with van der Waals surface area (Å²) in [5.74, 6) is 0.0573. The van der Waals surface area contributed by atoms with Crippen molar-refractivity contribution in [1.82, 2.24) is 10.2 Å². The Bertz CT molecular complexity index is 420. The number of nitrogens with zero attached hydrogens (tertiary/aromatic N) is 1. The molecule has 2 rings (SSSR count). The second-order valence-electron chi connectivity index (χ2n) is 5.76. The van der Waals surface area contributed by atoms with Gasteiger partial charge in [0, 0.05) is 26.1 Å². The van der Waals surface area contributed by atoms with E-state index in [2.05, 4.69) is 36.2 Å². The van der Waals surface area contributed by atoms with Gasteiger partial charge in [-0.1, -0.05) is 30.3 Å². The van der Waals surface area contributed by atoms with Crippen LogP contribution < -0.4 is 5.32 Å². The number of piperidine rings is 1. The average Bonchev–Trinajstić information content (AvgIpc) is 2.39. The lowest BCUT2D eigenvalue weighted by atomic mass is 9.80. The molecular weight excluding hydrogens is 236 g/mol. The predicted molar refractivity (Wildman–Crippen MR) is 77.9 cm³/mol. The minimum atomic E-state index is -0.182. The van der Waals surface area contributed by atoms with Crippen molar-refractivity contribution in [1.29, 1.82) is 0 Å². The first kappa shape index (κ1) is 14.1. The van der Waals surface area contributed by atoms with Crippen molar-refractivity contribution in [2.24, 2.45) is 0 Å². The Kier molecular flexibility index (Phi) is 4.25. The van der Waals surface area contributed by atoms with Crippen molar-refractivity contribution < 1.29 is 4.79 Å². The van der Waals surface area contributed by atoms with Gasteiger partial charge in [-0.25, -0.2) is 0 Å². The number of hydrogen-bond donors (Lipinski definition) is 1. The Morgan fingerprint density at radius 1 is 1.21 bits per heavy atom. The highest BCUT2D eigenvalue weighted by Gasteiger charge is 2.37. The van der Waals surface area contributed by atoms with Gasteiger partial charge in [-0.15, -0.1) is 0 Å². The second kappa shape index (κ2) is 5.74. The average molecular weight is 260 g/mol. The normalized spacial score (nSPS) is 19.4. The maximum Gasteiger partial charge on any atom is 0.217 e. The summed E-state index contributed by atoms with van der Waals surface area (Å²) in [5.41, 5.74) is 1.05. The van der Waals surface area contributed by atoms with Crippen LogP contribution in [-0.2, 0) is 10.3 Å². The number of carbonyl (C=O) groups is 1. The number of rotatable bonds is 3. The molecule has 3 heteroatoms. The van der Waals surface area contributed by atoms with Crippen molar-refractivity contribution in [3.05, 3.63) is 35.9 Å². The van der Waals surface area contributed by atoms with Gasteiger partial charge in [0.05, 0.1) is 5.54 Å². The Labute approximate surface area is 116 Å². The van der Waals surface area contributed by atoms with E-state index in [0.29, 0.717) is 6.04 Å². The largest absolute Gasteiger partial charge is 0.347 e. The van der Waals surface area contributed by atoms with E-state index in [0.717, 1.165) is 25.9 Å². The molecule has 1 amide bonds.